The van der Waals surface area contributed by atoms with Crippen LogP contribution < -0.4 is 4.74 Å². The minimum Gasteiger partial charge on any atom is -0.485 e. The summed E-state index contributed by atoms with van der Waals surface area (Å²) < 4.78 is 22.5. The molecule has 124 valence electrons. The van der Waals surface area contributed by atoms with E-state index in [1.807, 2.05) is 30.3 Å². The van der Waals surface area contributed by atoms with Crippen molar-refractivity contribution in [1.29, 1.82) is 0 Å². The number of carbonyl (C=O) groups is 1. The van der Waals surface area contributed by atoms with E-state index in [1.54, 1.807) is 17.8 Å². The first-order chi connectivity index (χ1) is 11.5. The third-order valence-corrected chi connectivity index (χ3v) is 4.36. The number of nitrogens with zero attached hydrogens (tertiary/aromatic N) is 1. The van der Waals surface area contributed by atoms with Gasteiger partial charge in [-0.25, -0.2) is 4.39 Å². The van der Waals surface area contributed by atoms with Crippen molar-refractivity contribution in [3.63, 3.8) is 0 Å². The van der Waals surface area contributed by atoms with Gasteiger partial charge in [0.2, 0.25) is 0 Å². The molecule has 0 saturated carbocycles. The molecule has 0 amide bonds. The summed E-state index contributed by atoms with van der Waals surface area (Å²) in [6, 6.07) is 10.8. The molecule has 0 fully saturated rings. The fourth-order valence-electron chi connectivity index (χ4n) is 2.76. The van der Waals surface area contributed by atoms with Crippen molar-refractivity contribution in [3.8, 4) is 5.75 Å². The first-order valence-electron chi connectivity index (χ1n) is 7.31. The van der Waals surface area contributed by atoms with E-state index in [-0.39, 0.29) is 18.8 Å². The fourth-order valence-corrected chi connectivity index (χ4v) is 3.44. The number of hydrogen-bond acceptors (Lipinski definition) is 2. The van der Waals surface area contributed by atoms with Crippen LogP contribution in [0.1, 0.15) is 11.1 Å². The Balaban J connectivity index is 2.09. The smallest absolute Gasteiger partial charge is 0.307 e. The maximum Gasteiger partial charge on any atom is 0.307 e. The summed E-state index contributed by atoms with van der Waals surface area (Å²) in [5.74, 6) is -1.42. The second-order valence-electron chi connectivity index (χ2n) is 5.50. The molecule has 0 atom stereocenters. The van der Waals surface area contributed by atoms with Crippen molar-refractivity contribution in [2.45, 2.75) is 13.0 Å². The van der Waals surface area contributed by atoms with Gasteiger partial charge in [0.05, 0.1) is 11.9 Å². The number of hydrogen-bond donors (Lipinski definition) is 1. The molecule has 0 spiro atoms. The van der Waals surface area contributed by atoms with Gasteiger partial charge >= 0.3 is 5.97 Å². The van der Waals surface area contributed by atoms with Crippen LogP contribution in [0.25, 0.3) is 10.9 Å². The highest BCUT2D eigenvalue weighted by Crippen LogP contribution is 2.38. The largest absolute Gasteiger partial charge is 0.485 e. The van der Waals surface area contributed by atoms with Crippen molar-refractivity contribution >= 4 is 32.8 Å². The summed E-state index contributed by atoms with van der Waals surface area (Å²) in [5.41, 5.74) is 2.13. The first-order valence-corrected chi connectivity index (χ1v) is 8.11. The molecule has 24 heavy (non-hydrogen) atoms. The van der Waals surface area contributed by atoms with Crippen LogP contribution in [0.15, 0.2) is 47.1 Å². The van der Waals surface area contributed by atoms with E-state index < -0.39 is 11.8 Å². The molecule has 3 rings (SSSR count). The third-order valence-electron chi connectivity index (χ3n) is 3.75. The summed E-state index contributed by atoms with van der Waals surface area (Å²) in [7, 11) is 1.79. The van der Waals surface area contributed by atoms with E-state index in [2.05, 4.69) is 15.9 Å². The Morgan fingerprint density at radius 3 is 2.71 bits per heavy atom. The van der Waals surface area contributed by atoms with Crippen molar-refractivity contribution < 1.29 is 19.0 Å². The summed E-state index contributed by atoms with van der Waals surface area (Å²) in [6.45, 7) is 0.204. The van der Waals surface area contributed by atoms with E-state index in [0.717, 1.165) is 5.56 Å². The number of carboxylic acid groups (broad SMARTS) is 1. The highest BCUT2D eigenvalue weighted by Gasteiger charge is 2.20. The monoisotopic (exact) mass is 391 g/mol. The van der Waals surface area contributed by atoms with Gasteiger partial charge < -0.3 is 14.4 Å². The molecule has 0 aliphatic carbocycles. The Kier molecular flexibility index (Phi) is 4.57. The van der Waals surface area contributed by atoms with Gasteiger partial charge in [0.25, 0.3) is 0 Å². The Morgan fingerprint density at radius 2 is 2.04 bits per heavy atom. The Labute approximate surface area is 146 Å². The lowest BCUT2D eigenvalue weighted by atomic mass is 10.1. The zero-order valence-electron chi connectivity index (χ0n) is 12.9. The topological polar surface area (TPSA) is 51.5 Å². The minimum atomic E-state index is -0.975. The average molecular weight is 392 g/mol. The zero-order chi connectivity index (χ0) is 17.3. The Morgan fingerprint density at radius 1 is 1.33 bits per heavy atom. The van der Waals surface area contributed by atoms with Crippen LogP contribution in [0.3, 0.4) is 0 Å². The molecule has 1 heterocycles. The highest BCUT2D eigenvalue weighted by atomic mass is 79.9. The number of aryl methyl sites for hydroxylation is 1. The molecule has 2 aromatic carbocycles. The number of ether oxygens (including phenoxy) is 1. The van der Waals surface area contributed by atoms with Crippen molar-refractivity contribution in [2.75, 3.05) is 0 Å². The van der Waals surface area contributed by atoms with Crippen LogP contribution in [0.2, 0.25) is 0 Å². The standard InChI is InChI=1S/C18H15BrFNO3/c1-21-9-12(7-15(22)23)16-17(21)13(19)8-14(20)18(16)24-10-11-5-3-2-4-6-11/h2-6,8-9H,7,10H2,1H3,(H,22,23). The molecule has 3 aromatic rings. The molecule has 0 aliphatic rings. The highest BCUT2D eigenvalue weighted by molar-refractivity contribution is 9.10. The van der Waals surface area contributed by atoms with E-state index in [9.17, 15) is 9.18 Å². The van der Waals surface area contributed by atoms with Crippen molar-refractivity contribution in [2.24, 2.45) is 7.05 Å². The van der Waals surface area contributed by atoms with Crippen LogP contribution in [0.5, 0.6) is 5.75 Å². The minimum absolute atomic E-state index is 0.0777. The molecular formula is C18H15BrFNO3. The van der Waals surface area contributed by atoms with Crippen LogP contribution in [-0.2, 0) is 24.9 Å². The lowest BCUT2D eigenvalue weighted by Crippen LogP contribution is -2.02. The van der Waals surface area contributed by atoms with Gasteiger partial charge in [0, 0.05) is 23.1 Å². The van der Waals surface area contributed by atoms with E-state index >= 15 is 0 Å². The van der Waals surface area contributed by atoms with E-state index in [4.69, 9.17) is 9.84 Å². The molecule has 4 nitrogen and oxygen atoms in total. The first kappa shape index (κ1) is 16.5. The summed E-state index contributed by atoms with van der Waals surface area (Å²) >= 11 is 3.34. The number of rotatable bonds is 5. The van der Waals surface area contributed by atoms with Gasteiger partial charge in [-0.2, -0.15) is 0 Å². The molecule has 0 unspecified atom stereocenters. The molecule has 0 aliphatic heterocycles. The van der Waals surface area contributed by atoms with E-state index in [1.165, 1.54) is 6.07 Å². The van der Waals surface area contributed by atoms with Gasteiger partial charge in [-0.3, -0.25) is 4.79 Å². The number of halogens is 2. The predicted octanol–water partition coefficient (Wildman–Crippen LogP) is 4.29. The number of carboxylic acids is 1. The van der Waals surface area contributed by atoms with Crippen LogP contribution in [0, 0.1) is 5.82 Å². The van der Waals surface area contributed by atoms with Crippen LogP contribution >= 0.6 is 15.9 Å². The Bertz CT molecular complexity index is 906. The summed E-state index contributed by atoms with van der Waals surface area (Å²) in [4.78, 5) is 11.1. The number of benzene rings is 2. The molecule has 1 N–H and O–H groups in total. The van der Waals surface area contributed by atoms with Gasteiger partial charge in [-0.1, -0.05) is 30.3 Å². The molecule has 1 aromatic heterocycles. The second-order valence-corrected chi connectivity index (χ2v) is 6.36. The van der Waals surface area contributed by atoms with E-state index in [0.29, 0.717) is 20.9 Å². The molecular weight excluding hydrogens is 377 g/mol. The number of aliphatic carboxylic acids is 1. The number of aromatic nitrogens is 1. The fraction of sp³-hybridized carbons (Fsp3) is 0.167. The second kappa shape index (κ2) is 6.65. The molecule has 0 radical (unpaired) electrons. The van der Waals surface area contributed by atoms with Crippen molar-refractivity contribution in [3.05, 3.63) is 64.0 Å². The Hall–Kier alpha value is -2.34. The normalized spacial score (nSPS) is 11.0. The third kappa shape index (κ3) is 3.14. The van der Waals surface area contributed by atoms with Crippen LogP contribution in [0.4, 0.5) is 4.39 Å². The SMILES string of the molecule is Cn1cc(CC(=O)O)c2c(OCc3ccccc3)c(F)cc(Br)c21. The van der Waals surface area contributed by atoms with Gasteiger partial charge in [-0.15, -0.1) is 0 Å². The maximum absolute atomic E-state index is 14.5. The lowest BCUT2D eigenvalue weighted by molar-refractivity contribution is -0.136. The van der Waals surface area contributed by atoms with Gasteiger partial charge in [0.1, 0.15) is 6.61 Å². The number of fused-ring (bicyclic) bond motifs is 1. The van der Waals surface area contributed by atoms with Gasteiger partial charge in [0.15, 0.2) is 11.6 Å². The average Bonchev–Trinajstić information content (AvgIpc) is 2.84. The zero-order valence-corrected chi connectivity index (χ0v) is 14.5. The summed E-state index contributed by atoms with van der Waals surface area (Å²) in [5, 5.41) is 9.61. The lowest BCUT2D eigenvalue weighted by Gasteiger charge is -2.11. The molecule has 0 bridgehead atoms. The predicted molar refractivity (Wildman–Crippen MR) is 92.7 cm³/mol. The molecule has 6 heteroatoms. The molecule has 0 saturated heterocycles. The summed E-state index contributed by atoms with van der Waals surface area (Å²) in [6.07, 6.45) is 1.49. The van der Waals surface area contributed by atoms with Gasteiger partial charge in [-0.05, 0) is 33.1 Å². The van der Waals surface area contributed by atoms with Crippen molar-refractivity contribution in [1.82, 2.24) is 4.57 Å². The quantitative estimate of drug-likeness (QED) is 0.705. The van der Waals surface area contributed by atoms with Crippen LogP contribution in [-0.4, -0.2) is 15.6 Å². The maximum atomic E-state index is 14.5.